The molecule has 0 aromatic rings. The van der Waals surface area contributed by atoms with Crippen LogP contribution < -0.4 is 10.2 Å². The molecule has 30 heavy (non-hydrogen) atoms. The molecule has 2 aliphatic rings. The molecule has 0 aliphatic carbocycles. The van der Waals surface area contributed by atoms with Gasteiger partial charge in [-0.25, -0.2) is 8.42 Å². The van der Waals surface area contributed by atoms with Gasteiger partial charge in [0.15, 0.2) is 0 Å². The van der Waals surface area contributed by atoms with Gasteiger partial charge in [0.1, 0.15) is 6.54 Å². The summed E-state index contributed by atoms with van der Waals surface area (Å²) in [5.41, 5.74) is 0. The Bertz CT molecular complexity index is 616. The van der Waals surface area contributed by atoms with Gasteiger partial charge in [0, 0.05) is 52.4 Å². The third-order valence-electron chi connectivity index (χ3n) is 4.68. The normalized spacial score (nSPS) is 19.4. The predicted molar refractivity (Wildman–Crippen MR) is 112 cm³/mol. The Balaban J connectivity index is 0.000000475. The molecule has 14 heteroatoms. The second-order valence-electron chi connectivity index (χ2n) is 7.01. The maximum Gasteiger partial charge on any atom is 0.264 e. The Morgan fingerprint density at radius 3 is 1.83 bits per heavy atom. The van der Waals surface area contributed by atoms with Crippen molar-refractivity contribution in [1.82, 2.24) is 15.1 Å². The molecule has 2 fully saturated rings. The first-order chi connectivity index (χ1) is 14.0. The molecule has 0 atom stereocenters. The summed E-state index contributed by atoms with van der Waals surface area (Å²) in [5, 5.41) is 20.5. The molecule has 2 aliphatic heterocycles. The fourth-order valence-corrected chi connectivity index (χ4v) is 3.30. The first-order valence-electron chi connectivity index (χ1n) is 10.1. The lowest BCUT2D eigenvalue weighted by Crippen LogP contribution is -3.15. The Hall–Kier alpha value is -0.420. The van der Waals surface area contributed by atoms with Gasteiger partial charge < -0.3 is 25.0 Å². The molecule has 0 unspecified atom stereocenters. The highest BCUT2D eigenvalue weighted by Crippen LogP contribution is 1.91. The summed E-state index contributed by atoms with van der Waals surface area (Å²) in [5.74, 6) is -0.505. The fourth-order valence-electron chi connectivity index (χ4n) is 2.82. The average Bonchev–Trinajstić information content (AvgIpc) is 2.69. The van der Waals surface area contributed by atoms with Crippen LogP contribution in [0.15, 0.2) is 0 Å². The highest BCUT2D eigenvalue weighted by atomic mass is 32.2. The van der Waals surface area contributed by atoms with Crippen LogP contribution in [0.3, 0.4) is 0 Å². The molecule has 182 valence electrons. The highest BCUT2D eigenvalue weighted by Gasteiger charge is 2.19. The van der Waals surface area contributed by atoms with Crippen LogP contribution in [-0.4, -0.2) is 143 Å². The molecule has 0 radical (unpaired) electrons. The Morgan fingerprint density at radius 2 is 1.43 bits per heavy atom. The van der Waals surface area contributed by atoms with Crippen LogP contribution in [0.25, 0.3) is 0 Å². The zero-order valence-corrected chi connectivity index (χ0v) is 19.3. The smallest absolute Gasteiger partial charge is 0.264 e. The highest BCUT2D eigenvalue weighted by molar-refractivity contribution is 7.85. The summed E-state index contributed by atoms with van der Waals surface area (Å²) in [6.07, 6.45) is 0. The Kier molecular flexibility index (Phi) is 16.0. The Morgan fingerprint density at radius 1 is 0.933 bits per heavy atom. The van der Waals surface area contributed by atoms with Crippen molar-refractivity contribution in [1.29, 1.82) is 0 Å². The minimum Gasteiger partial charge on any atom is -0.748 e. The van der Waals surface area contributed by atoms with Crippen molar-refractivity contribution in [2.75, 3.05) is 96.7 Å². The number of aliphatic hydroxyl groups is 2. The summed E-state index contributed by atoms with van der Waals surface area (Å²) in [7, 11) is -7.75. The first-order valence-corrected chi connectivity index (χ1v) is 13.3. The average molecular weight is 479 g/mol. The van der Waals surface area contributed by atoms with E-state index in [2.05, 4.69) is 10.2 Å². The monoisotopic (exact) mass is 478 g/mol. The van der Waals surface area contributed by atoms with E-state index in [1.807, 2.05) is 4.90 Å². The van der Waals surface area contributed by atoms with Crippen molar-refractivity contribution in [3.05, 3.63) is 0 Å². The lowest BCUT2D eigenvalue weighted by Gasteiger charge is -2.31. The van der Waals surface area contributed by atoms with Gasteiger partial charge in [-0.15, -0.1) is 0 Å². The molecule has 12 nitrogen and oxygen atoms in total. The van der Waals surface area contributed by atoms with Crippen LogP contribution in [0.4, 0.5) is 0 Å². The van der Waals surface area contributed by atoms with E-state index in [0.29, 0.717) is 13.2 Å². The minimum atomic E-state index is -4.09. The van der Waals surface area contributed by atoms with Crippen molar-refractivity contribution in [3.63, 3.8) is 0 Å². The topological polar surface area (TPSA) is 175 Å². The van der Waals surface area contributed by atoms with Crippen LogP contribution in [0.5, 0.6) is 0 Å². The number of β-amino-alcohol motifs (C(OH)–C–C–N with tert-alkyl or cyclic N) is 1. The minimum absolute atomic E-state index is 0.185. The standard InChI is InChI=1S/C8H18N2O4S.C6H14N2O.C2H6O3S/c11-7-5-9-1-3-10(4-2-9)6-8-15(12,13)14;9-6-5-8-3-1-7-2-4-8;1-2-6(3,4)5/h11H,1-8H2,(H,12,13,14);7,9H,1-6H2;2H2,1H3,(H,3,4,5). The zero-order chi connectivity index (χ0) is 23.0. The van der Waals surface area contributed by atoms with Crippen molar-refractivity contribution in [2.45, 2.75) is 6.92 Å². The molecular formula is C16H38N4O8S2. The van der Waals surface area contributed by atoms with E-state index in [1.54, 1.807) is 0 Å². The number of hydrogen-bond acceptors (Lipinski definition) is 10. The van der Waals surface area contributed by atoms with E-state index < -0.39 is 20.2 Å². The number of rotatable bonds is 8. The van der Waals surface area contributed by atoms with E-state index in [1.165, 1.54) is 11.8 Å². The largest absolute Gasteiger partial charge is 0.748 e. The molecule has 0 bridgehead atoms. The van der Waals surface area contributed by atoms with Crippen molar-refractivity contribution >= 4 is 20.2 Å². The van der Waals surface area contributed by atoms with E-state index in [-0.39, 0.29) is 18.1 Å². The van der Waals surface area contributed by atoms with Crippen LogP contribution >= 0.6 is 0 Å². The lowest BCUT2D eigenvalue weighted by molar-refractivity contribution is -0.904. The Labute approximate surface area is 180 Å². The van der Waals surface area contributed by atoms with Crippen LogP contribution in [0.2, 0.25) is 0 Å². The predicted octanol–water partition coefficient (Wildman–Crippen LogP) is -4.50. The molecule has 0 aromatic heterocycles. The second-order valence-corrected chi connectivity index (χ2v) is 10.3. The van der Waals surface area contributed by atoms with Crippen molar-refractivity contribution in [3.8, 4) is 0 Å². The van der Waals surface area contributed by atoms with Crippen LogP contribution in [-0.2, 0) is 20.2 Å². The molecule has 0 spiro atoms. The van der Waals surface area contributed by atoms with Gasteiger partial charge in [-0.3, -0.25) is 14.4 Å². The SMILES string of the molecule is CCS(=O)(=O)O.O=S(=O)([O-])CCN1CC[NH+](CCO)CC1.OCCN1CCNCC1. The van der Waals surface area contributed by atoms with Gasteiger partial charge in [0.25, 0.3) is 10.1 Å². The first kappa shape index (κ1) is 29.6. The number of nitrogens with zero attached hydrogens (tertiary/aromatic N) is 2. The lowest BCUT2D eigenvalue weighted by atomic mass is 10.3. The molecule has 0 amide bonds. The third kappa shape index (κ3) is 18.4. The third-order valence-corrected chi connectivity index (χ3v) is 6.09. The number of nitrogens with one attached hydrogen (secondary N) is 2. The van der Waals surface area contributed by atoms with Crippen LogP contribution in [0, 0.1) is 0 Å². The van der Waals surface area contributed by atoms with Gasteiger partial charge in [0.05, 0.1) is 47.9 Å². The summed E-state index contributed by atoms with van der Waals surface area (Å²) in [6.45, 7) is 11.5. The maximum absolute atomic E-state index is 10.4. The molecule has 2 heterocycles. The second kappa shape index (κ2) is 16.2. The van der Waals surface area contributed by atoms with Crippen LogP contribution in [0.1, 0.15) is 6.92 Å². The van der Waals surface area contributed by atoms with Crippen molar-refractivity contribution in [2.24, 2.45) is 0 Å². The molecule has 5 N–H and O–H groups in total. The maximum atomic E-state index is 10.4. The van der Waals surface area contributed by atoms with E-state index in [9.17, 15) is 21.4 Å². The molecule has 0 saturated carbocycles. The van der Waals surface area contributed by atoms with Gasteiger partial charge in [-0.1, -0.05) is 0 Å². The van der Waals surface area contributed by atoms with E-state index in [0.717, 1.165) is 65.4 Å². The number of aliphatic hydroxyl groups excluding tert-OH is 2. The van der Waals surface area contributed by atoms with Gasteiger partial charge in [-0.05, 0) is 6.92 Å². The van der Waals surface area contributed by atoms with Gasteiger partial charge >= 0.3 is 0 Å². The number of quaternary nitrogens is 1. The van der Waals surface area contributed by atoms with E-state index >= 15 is 0 Å². The van der Waals surface area contributed by atoms with Crippen molar-refractivity contribution < 1.29 is 41.1 Å². The molecule has 0 aromatic carbocycles. The summed E-state index contributed by atoms with van der Waals surface area (Å²) >= 11 is 0. The zero-order valence-electron chi connectivity index (χ0n) is 17.7. The number of hydrogen-bond donors (Lipinski definition) is 5. The molecular weight excluding hydrogens is 440 g/mol. The summed E-state index contributed by atoms with van der Waals surface area (Å²) < 4.78 is 58.2. The summed E-state index contributed by atoms with van der Waals surface area (Å²) in [4.78, 5) is 5.58. The molecule has 2 saturated heterocycles. The summed E-state index contributed by atoms with van der Waals surface area (Å²) in [6, 6.07) is 0. The van der Waals surface area contributed by atoms with Gasteiger partial charge in [0.2, 0.25) is 0 Å². The van der Waals surface area contributed by atoms with Gasteiger partial charge in [-0.2, -0.15) is 8.42 Å². The quantitative estimate of drug-likeness (QED) is 0.213. The molecule has 2 rings (SSSR count). The fraction of sp³-hybridized carbons (Fsp3) is 1.00. The van der Waals surface area contributed by atoms with E-state index in [4.69, 9.17) is 14.8 Å². The number of piperazine rings is 2.